The quantitative estimate of drug-likeness (QED) is 0.541. The molecule has 2 aliphatic rings. The van der Waals surface area contributed by atoms with E-state index in [-0.39, 0.29) is 5.56 Å². The molecular formula is C24H24F6N2O3. The molecule has 1 fully saturated rings. The van der Waals surface area contributed by atoms with Gasteiger partial charge in [-0.05, 0) is 67.1 Å². The highest BCUT2D eigenvalue weighted by Crippen LogP contribution is 2.30. The molecule has 0 atom stereocenters. The molecule has 11 heteroatoms. The van der Waals surface area contributed by atoms with Gasteiger partial charge in [0.15, 0.2) is 0 Å². The Bertz CT molecular complexity index is 1060. The second-order valence-electron chi connectivity index (χ2n) is 8.44. The zero-order chi connectivity index (χ0) is 25.8. The number of aliphatic carboxylic acids is 1. The van der Waals surface area contributed by atoms with Crippen molar-refractivity contribution in [2.24, 2.45) is 0 Å². The molecule has 2 N–H and O–H groups in total. The Balaban J connectivity index is 0.000000429. The number of hydrogen-bond donors (Lipinski definition) is 2. The first-order valence-electron chi connectivity index (χ1n) is 11.0. The SMILES string of the molecule is O=C(Nc1ccc2c(c1)CCN(C1CCC1)CC2)c1cccc(C(F)(F)F)c1.O=C(O)C(F)(F)F. The monoisotopic (exact) mass is 502 g/mol. The first kappa shape index (κ1) is 26.5. The van der Waals surface area contributed by atoms with E-state index in [9.17, 15) is 31.1 Å². The fraction of sp³-hybridized carbons (Fsp3) is 0.417. The number of rotatable bonds is 3. The van der Waals surface area contributed by atoms with Gasteiger partial charge in [0.25, 0.3) is 5.91 Å². The molecule has 190 valence electrons. The number of carbonyl (C=O) groups excluding carboxylic acids is 1. The van der Waals surface area contributed by atoms with Gasteiger partial charge >= 0.3 is 18.3 Å². The second-order valence-corrected chi connectivity index (χ2v) is 8.44. The average Bonchev–Trinajstić information content (AvgIpc) is 2.94. The number of halogens is 6. The normalized spacial score (nSPS) is 16.7. The summed E-state index contributed by atoms with van der Waals surface area (Å²) in [5.41, 5.74) is 2.31. The van der Waals surface area contributed by atoms with E-state index in [4.69, 9.17) is 9.90 Å². The van der Waals surface area contributed by atoms with Crippen LogP contribution in [0.1, 0.15) is 46.3 Å². The molecule has 0 spiro atoms. The number of benzene rings is 2. The molecule has 2 aromatic rings. The molecule has 1 saturated carbocycles. The molecule has 0 aromatic heterocycles. The molecule has 1 heterocycles. The van der Waals surface area contributed by atoms with Crippen molar-refractivity contribution in [2.45, 2.75) is 50.5 Å². The third-order valence-electron chi connectivity index (χ3n) is 6.09. The minimum atomic E-state index is -5.08. The van der Waals surface area contributed by atoms with Gasteiger partial charge in [-0.2, -0.15) is 26.3 Å². The Hall–Kier alpha value is -3.08. The Morgan fingerprint density at radius 2 is 1.54 bits per heavy atom. The summed E-state index contributed by atoms with van der Waals surface area (Å²) < 4.78 is 70.3. The van der Waals surface area contributed by atoms with Crippen LogP contribution in [-0.2, 0) is 23.8 Å². The van der Waals surface area contributed by atoms with Crippen molar-refractivity contribution in [1.82, 2.24) is 4.90 Å². The Morgan fingerprint density at radius 3 is 2.09 bits per heavy atom. The van der Waals surface area contributed by atoms with Gasteiger partial charge in [0, 0.05) is 30.4 Å². The number of carbonyl (C=O) groups is 2. The number of alkyl halides is 6. The van der Waals surface area contributed by atoms with E-state index in [0.29, 0.717) is 5.69 Å². The van der Waals surface area contributed by atoms with Gasteiger partial charge in [-0.15, -0.1) is 0 Å². The van der Waals surface area contributed by atoms with Gasteiger partial charge in [-0.25, -0.2) is 4.79 Å². The van der Waals surface area contributed by atoms with Crippen LogP contribution in [0.3, 0.4) is 0 Å². The summed E-state index contributed by atoms with van der Waals surface area (Å²) in [7, 11) is 0. The van der Waals surface area contributed by atoms with E-state index in [0.717, 1.165) is 44.1 Å². The van der Waals surface area contributed by atoms with Gasteiger partial charge in [0.2, 0.25) is 0 Å². The number of amides is 1. The summed E-state index contributed by atoms with van der Waals surface area (Å²) >= 11 is 0. The minimum Gasteiger partial charge on any atom is -0.475 e. The van der Waals surface area contributed by atoms with Gasteiger partial charge in [0.1, 0.15) is 0 Å². The molecular weight excluding hydrogens is 478 g/mol. The van der Waals surface area contributed by atoms with Crippen molar-refractivity contribution in [1.29, 1.82) is 0 Å². The number of fused-ring (bicyclic) bond motifs is 1. The number of carboxylic acids is 1. The Kier molecular flexibility index (Phi) is 8.09. The van der Waals surface area contributed by atoms with Gasteiger partial charge in [-0.1, -0.05) is 18.6 Å². The minimum absolute atomic E-state index is 0.000858. The molecule has 1 aliphatic carbocycles. The fourth-order valence-corrected chi connectivity index (χ4v) is 3.98. The van der Waals surface area contributed by atoms with Crippen LogP contribution in [0.2, 0.25) is 0 Å². The first-order valence-corrected chi connectivity index (χ1v) is 11.0. The van der Waals surface area contributed by atoms with Crippen LogP contribution >= 0.6 is 0 Å². The van der Waals surface area contributed by atoms with E-state index in [1.807, 2.05) is 18.2 Å². The molecule has 1 aliphatic heterocycles. The molecule has 1 amide bonds. The highest BCUT2D eigenvalue weighted by molar-refractivity contribution is 6.04. The lowest BCUT2D eigenvalue weighted by Gasteiger charge is -2.36. The molecule has 5 nitrogen and oxygen atoms in total. The van der Waals surface area contributed by atoms with Crippen LogP contribution in [0, 0.1) is 0 Å². The van der Waals surface area contributed by atoms with Crippen LogP contribution in [0.15, 0.2) is 42.5 Å². The maximum absolute atomic E-state index is 12.9. The van der Waals surface area contributed by atoms with E-state index in [1.54, 1.807) is 0 Å². The third kappa shape index (κ3) is 7.20. The van der Waals surface area contributed by atoms with Gasteiger partial charge in [0.05, 0.1) is 5.56 Å². The van der Waals surface area contributed by atoms with Crippen molar-refractivity contribution in [3.8, 4) is 0 Å². The van der Waals surface area contributed by atoms with Crippen LogP contribution in [0.25, 0.3) is 0 Å². The van der Waals surface area contributed by atoms with E-state index >= 15 is 0 Å². The highest BCUT2D eigenvalue weighted by atomic mass is 19.4. The number of carboxylic acid groups (broad SMARTS) is 1. The van der Waals surface area contributed by atoms with E-state index < -0.39 is 29.8 Å². The van der Waals surface area contributed by atoms with Crippen LogP contribution < -0.4 is 5.32 Å². The van der Waals surface area contributed by atoms with Crippen molar-refractivity contribution in [2.75, 3.05) is 18.4 Å². The molecule has 4 rings (SSSR count). The van der Waals surface area contributed by atoms with Crippen molar-refractivity contribution >= 4 is 17.6 Å². The molecule has 0 radical (unpaired) electrons. The Labute approximate surface area is 197 Å². The maximum atomic E-state index is 12.9. The second kappa shape index (κ2) is 10.7. The summed E-state index contributed by atoms with van der Waals surface area (Å²) in [6, 6.07) is 11.0. The summed E-state index contributed by atoms with van der Waals surface area (Å²) in [5, 5.41) is 9.87. The molecule has 0 unspecified atom stereocenters. The van der Waals surface area contributed by atoms with Gasteiger partial charge < -0.3 is 10.4 Å². The topological polar surface area (TPSA) is 69.6 Å². The third-order valence-corrected chi connectivity index (χ3v) is 6.09. The largest absolute Gasteiger partial charge is 0.490 e. The number of nitrogens with zero attached hydrogens (tertiary/aromatic N) is 1. The fourth-order valence-electron chi connectivity index (χ4n) is 3.98. The standard InChI is InChI=1S/C22H23F3N2O.C2HF3O2/c23-22(24,25)18-4-1-3-17(13-18)21(28)26-19-8-7-15-9-11-27(20-5-2-6-20)12-10-16(15)14-19;3-2(4,5)1(6)7/h1,3-4,7-8,13-14,20H,2,5-6,9-12H2,(H,26,28);(H,6,7). The van der Waals surface area contributed by atoms with Crippen LogP contribution in [0.5, 0.6) is 0 Å². The maximum Gasteiger partial charge on any atom is 0.490 e. The lowest BCUT2D eigenvalue weighted by molar-refractivity contribution is -0.192. The predicted molar refractivity (Wildman–Crippen MR) is 116 cm³/mol. The lowest BCUT2D eigenvalue weighted by atomic mass is 9.91. The highest BCUT2D eigenvalue weighted by Gasteiger charge is 2.38. The predicted octanol–water partition coefficient (Wildman–Crippen LogP) is 5.54. The lowest BCUT2D eigenvalue weighted by Crippen LogP contribution is -2.41. The van der Waals surface area contributed by atoms with Crippen molar-refractivity contribution in [3.05, 3.63) is 64.7 Å². The van der Waals surface area contributed by atoms with Gasteiger partial charge in [-0.3, -0.25) is 9.69 Å². The summed E-state index contributed by atoms with van der Waals surface area (Å²) in [6.45, 7) is 2.08. The Morgan fingerprint density at radius 1 is 0.914 bits per heavy atom. The average molecular weight is 502 g/mol. The van der Waals surface area contributed by atoms with Crippen molar-refractivity contribution in [3.63, 3.8) is 0 Å². The number of anilines is 1. The van der Waals surface area contributed by atoms with E-state index in [1.165, 1.54) is 42.5 Å². The molecule has 0 saturated heterocycles. The van der Waals surface area contributed by atoms with Crippen LogP contribution in [-0.4, -0.2) is 47.2 Å². The summed E-state index contributed by atoms with van der Waals surface area (Å²) in [6.07, 6.45) is -3.73. The number of nitrogens with one attached hydrogen (secondary N) is 1. The van der Waals surface area contributed by atoms with Crippen molar-refractivity contribution < 1.29 is 41.0 Å². The van der Waals surface area contributed by atoms with Crippen LogP contribution in [0.4, 0.5) is 32.0 Å². The van der Waals surface area contributed by atoms with E-state index in [2.05, 4.69) is 10.2 Å². The first-order chi connectivity index (χ1) is 16.3. The summed E-state index contributed by atoms with van der Waals surface area (Å²) in [4.78, 5) is 23.9. The molecule has 35 heavy (non-hydrogen) atoms. The zero-order valence-corrected chi connectivity index (χ0v) is 18.5. The molecule has 2 aromatic carbocycles. The number of hydrogen-bond acceptors (Lipinski definition) is 3. The molecule has 0 bridgehead atoms. The summed E-state index contributed by atoms with van der Waals surface area (Å²) in [5.74, 6) is -3.29. The zero-order valence-electron chi connectivity index (χ0n) is 18.5. The smallest absolute Gasteiger partial charge is 0.475 e.